The number of thioether (sulfide) groups is 1. The summed E-state index contributed by atoms with van der Waals surface area (Å²) in [5.74, 6) is 0.435. The molecular weight excluding hydrogens is 226 g/mol. The van der Waals surface area contributed by atoms with Crippen molar-refractivity contribution in [3.63, 3.8) is 0 Å². The number of fused-ring (bicyclic) bond motifs is 1. The normalized spacial score (nSPS) is 16.8. The molecule has 0 spiro atoms. The lowest BCUT2D eigenvalue weighted by Crippen LogP contribution is -2.06. The number of carbonyl (C=O) groups excluding carboxylic acids is 1. The van der Waals surface area contributed by atoms with Crippen LogP contribution >= 0.6 is 11.8 Å². The average Bonchev–Trinajstić information content (AvgIpc) is 2.63. The Morgan fingerprint density at radius 3 is 2.94 bits per heavy atom. The fraction of sp³-hybridized carbons (Fsp3) is 0.273. The van der Waals surface area contributed by atoms with Gasteiger partial charge in [0.05, 0.1) is 6.61 Å². The topological polar surface area (TPSA) is 69.9 Å². The van der Waals surface area contributed by atoms with Crippen molar-refractivity contribution < 1.29 is 15.1 Å². The van der Waals surface area contributed by atoms with Gasteiger partial charge in [-0.05, 0) is 23.8 Å². The minimum atomic E-state index is -0.198. The van der Waals surface area contributed by atoms with E-state index < -0.39 is 0 Å². The molecule has 0 heterocycles. The van der Waals surface area contributed by atoms with Crippen molar-refractivity contribution in [2.45, 2.75) is 11.3 Å². The quantitative estimate of drug-likeness (QED) is 0.473. The smallest absolute Gasteiger partial charge is 0.211 e. The number of rotatable bonds is 3. The summed E-state index contributed by atoms with van der Waals surface area (Å²) in [6.07, 6.45) is 0.387. The number of ketones is 1. The largest absolute Gasteiger partial charge is 0.411 e. The Labute approximate surface area is 97.0 Å². The van der Waals surface area contributed by atoms with Crippen LogP contribution in [-0.2, 0) is 6.42 Å². The van der Waals surface area contributed by atoms with E-state index in [1.807, 2.05) is 12.1 Å². The zero-order chi connectivity index (χ0) is 11.5. The molecule has 1 aromatic rings. The molecule has 2 rings (SSSR count). The van der Waals surface area contributed by atoms with Crippen LogP contribution in [0, 0.1) is 0 Å². The second-order valence-corrected chi connectivity index (χ2v) is 4.61. The van der Waals surface area contributed by atoms with E-state index in [0.29, 0.717) is 17.7 Å². The highest BCUT2D eigenvalue weighted by Crippen LogP contribution is 2.26. The van der Waals surface area contributed by atoms with Crippen LogP contribution in [0.3, 0.4) is 0 Å². The van der Waals surface area contributed by atoms with Crippen LogP contribution in [0.2, 0.25) is 0 Å². The molecule has 0 aliphatic heterocycles. The highest BCUT2D eigenvalue weighted by atomic mass is 32.2. The van der Waals surface area contributed by atoms with Crippen LogP contribution in [0.4, 0.5) is 0 Å². The van der Waals surface area contributed by atoms with Crippen LogP contribution in [0.15, 0.2) is 28.3 Å². The number of aliphatic hydroxyl groups excluding tert-OH is 1. The van der Waals surface area contributed by atoms with Gasteiger partial charge < -0.3 is 10.3 Å². The number of benzene rings is 1. The lowest BCUT2D eigenvalue weighted by atomic mass is 10.1. The van der Waals surface area contributed by atoms with E-state index in [2.05, 4.69) is 5.16 Å². The molecule has 1 aromatic carbocycles. The summed E-state index contributed by atoms with van der Waals surface area (Å²) >= 11 is 1.53. The van der Waals surface area contributed by atoms with Gasteiger partial charge in [-0.1, -0.05) is 5.16 Å². The van der Waals surface area contributed by atoms with Gasteiger partial charge in [0.15, 0.2) is 0 Å². The third-order valence-electron chi connectivity index (χ3n) is 2.42. The van der Waals surface area contributed by atoms with Gasteiger partial charge in [0, 0.05) is 22.6 Å². The van der Waals surface area contributed by atoms with Gasteiger partial charge in [-0.15, -0.1) is 11.8 Å². The number of hydrogen-bond acceptors (Lipinski definition) is 5. The average molecular weight is 237 g/mol. The Bertz CT molecular complexity index is 457. The molecule has 2 N–H and O–H groups in total. The minimum Gasteiger partial charge on any atom is -0.411 e. The maximum absolute atomic E-state index is 11.6. The zero-order valence-electron chi connectivity index (χ0n) is 8.51. The van der Waals surface area contributed by atoms with E-state index in [1.165, 1.54) is 11.8 Å². The molecule has 0 amide bonds. The molecule has 0 atom stereocenters. The highest BCUT2D eigenvalue weighted by molar-refractivity contribution is 7.99. The monoisotopic (exact) mass is 237 g/mol. The first kappa shape index (κ1) is 11.2. The Kier molecular flexibility index (Phi) is 3.26. The van der Waals surface area contributed by atoms with Crippen molar-refractivity contribution >= 4 is 23.3 Å². The standard InChI is InChI=1S/C11H11NO3S/c13-3-4-16-8-1-2-9-7(5-8)6-10(12-15)11(9)14/h1-2,5,13,15H,3-4,6H2/b12-10-. The molecular formula is C11H11NO3S. The van der Waals surface area contributed by atoms with Crippen molar-refractivity contribution in [3.8, 4) is 0 Å². The highest BCUT2D eigenvalue weighted by Gasteiger charge is 2.26. The predicted octanol–water partition coefficient (Wildman–Crippen LogP) is 1.34. The van der Waals surface area contributed by atoms with Gasteiger partial charge in [-0.25, -0.2) is 0 Å². The molecule has 1 aliphatic rings. The van der Waals surface area contributed by atoms with E-state index in [-0.39, 0.29) is 18.1 Å². The van der Waals surface area contributed by atoms with Crippen LogP contribution in [0.25, 0.3) is 0 Å². The second-order valence-electron chi connectivity index (χ2n) is 3.44. The Morgan fingerprint density at radius 2 is 2.25 bits per heavy atom. The molecule has 0 fully saturated rings. The molecule has 1 aliphatic carbocycles. The molecule has 5 heteroatoms. The van der Waals surface area contributed by atoms with Gasteiger partial charge in [0.1, 0.15) is 5.71 Å². The van der Waals surface area contributed by atoms with E-state index in [4.69, 9.17) is 10.3 Å². The first-order chi connectivity index (χ1) is 7.76. The van der Waals surface area contributed by atoms with Crippen LogP contribution in [-0.4, -0.2) is 34.2 Å². The molecule has 0 aromatic heterocycles. The molecule has 4 nitrogen and oxygen atoms in total. The molecule has 0 saturated heterocycles. The Hall–Kier alpha value is -1.33. The lowest BCUT2D eigenvalue weighted by Gasteiger charge is -2.01. The van der Waals surface area contributed by atoms with Crippen molar-refractivity contribution in [2.24, 2.45) is 5.16 Å². The van der Waals surface area contributed by atoms with Gasteiger partial charge in [0.2, 0.25) is 5.78 Å². The van der Waals surface area contributed by atoms with Crippen molar-refractivity contribution in [3.05, 3.63) is 29.3 Å². The van der Waals surface area contributed by atoms with Gasteiger partial charge in [-0.2, -0.15) is 0 Å². The van der Waals surface area contributed by atoms with Crippen LogP contribution in [0.1, 0.15) is 15.9 Å². The number of aliphatic hydroxyl groups is 1. The van der Waals surface area contributed by atoms with Gasteiger partial charge >= 0.3 is 0 Å². The summed E-state index contributed by atoms with van der Waals surface area (Å²) in [6, 6.07) is 5.50. The van der Waals surface area contributed by atoms with E-state index in [1.54, 1.807) is 6.07 Å². The van der Waals surface area contributed by atoms with Gasteiger partial charge in [0.25, 0.3) is 0 Å². The Morgan fingerprint density at radius 1 is 1.44 bits per heavy atom. The maximum Gasteiger partial charge on any atom is 0.211 e. The summed E-state index contributed by atoms with van der Waals surface area (Å²) < 4.78 is 0. The number of carbonyl (C=O) groups is 1. The summed E-state index contributed by atoms with van der Waals surface area (Å²) in [7, 11) is 0. The van der Waals surface area contributed by atoms with Crippen LogP contribution in [0.5, 0.6) is 0 Å². The first-order valence-electron chi connectivity index (χ1n) is 4.88. The third-order valence-corrected chi connectivity index (χ3v) is 3.40. The van der Waals surface area contributed by atoms with Crippen molar-refractivity contribution in [1.82, 2.24) is 0 Å². The number of oxime groups is 1. The number of hydrogen-bond donors (Lipinski definition) is 2. The fourth-order valence-corrected chi connectivity index (χ4v) is 2.40. The van der Waals surface area contributed by atoms with E-state index in [9.17, 15) is 4.79 Å². The van der Waals surface area contributed by atoms with Crippen molar-refractivity contribution in [2.75, 3.05) is 12.4 Å². The van der Waals surface area contributed by atoms with Crippen molar-refractivity contribution in [1.29, 1.82) is 0 Å². The summed E-state index contributed by atoms with van der Waals surface area (Å²) in [4.78, 5) is 12.6. The van der Waals surface area contributed by atoms with Gasteiger partial charge in [-0.3, -0.25) is 4.79 Å². The Balaban J connectivity index is 2.26. The summed E-state index contributed by atoms with van der Waals surface area (Å²) in [6.45, 7) is 0.129. The summed E-state index contributed by atoms with van der Waals surface area (Å²) in [5.41, 5.74) is 1.70. The molecule has 0 saturated carbocycles. The summed E-state index contributed by atoms with van der Waals surface area (Å²) in [5, 5.41) is 20.4. The molecule has 0 unspecified atom stereocenters. The SMILES string of the molecule is O=C1/C(=N\O)Cc2cc(SCCO)ccc21. The van der Waals surface area contributed by atoms with E-state index in [0.717, 1.165) is 10.5 Å². The fourth-order valence-electron chi connectivity index (χ4n) is 1.69. The first-order valence-corrected chi connectivity index (χ1v) is 5.87. The molecule has 16 heavy (non-hydrogen) atoms. The second kappa shape index (κ2) is 4.67. The third kappa shape index (κ3) is 1.96. The zero-order valence-corrected chi connectivity index (χ0v) is 9.33. The maximum atomic E-state index is 11.6. The van der Waals surface area contributed by atoms with Crippen LogP contribution < -0.4 is 0 Å². The van der Waals surface area contributed by atoms with E-state index >= 15 is 0 Å². The molecule has 0 radical (unpaired) electrons. The molecule has 84 valence electrons. The molecule has 0 bridgehead atoms. The lowest BCUT2D eigenvalue weighted by molar-refractivity contribution is 0.106. The minimum absolute atomic E-state index is 0.129. The number of Topliss-reactive ketones (excluding diaryl/α,β-unsaturated/α-hetero) is 1. The number of nitrogens with zero attached hydrogens (tertiary/aromatic N) is 1. The predicted molar refractivity (Wildman–Crippen MR) is 61.5 cm³/mol.